The number of hydrogen-bond acceptors (Lipinski definition) is 6. The standard InChI is InChI=1S/C12H24N2.C10H20N2.C9H18N2.6C2H6/c1-12(2,3)14-9-8-13-7-5-4-6-11(13)10-14;1-10(2,3)12-6-8-4-5-9(7-12)11-8;1-8(2,3)11-6-9(7-11)4-10-5-9;6*1-2/h11H,4-10H2,1-3H3;8-9,11H,4-7H2,1-3H3;10H,4-7H2,1-3H3;6*1-2H3. The highest BCUT2D eigenvalue weighted by atomic mass is 15.3. The van der Waals surface area contributed by atoms with Gasteiger partial charge in [-0.15, -0.1) is 0 Å². The van der Waals surface area contributed by atoms with Crippen LogP contribution in [0.5, 0.6) is 0 Å². The molecule has 6 saturated heterocycles. The molecule has 3 unspecified atom stereocenters. The Bertz CT molecular complexity index is 710. The van der Waals surface area contributed by atoms with Crippen molar-refractivity contribution in [2.75, 3.05) is 65.4 Å². The molecule has 0 aromatic rings. The van der Waals surface area contributed by atoms with Gasteiger partial charge in [0.2, 0.25) is 0 Å². The third kappa shape index (κ3) is 18.9. The molecule has 6 aliphatic heterocycles. The summed E-state index contributed by atoms with van der Waals surface area (Å²) in [5, 5.41) is 7.00. The Morgan fingerprint density at radius 3 is 1.27 bits per heavy atom. The molecule has 6 heteroatoms. The molecule has 49 heavy (non-hydrogen) atoms. The minimum Gasteiger partial charge on any atom is -0.315 e. The molecule has 0 aromatic carbocycles. The first-order valence-corrected chi connectivity index (χ1v) is 21.6. The third-order valence-electron chi connectivity index (χ3n) is 9.95. The van der Waals surface area contributed by atoms with E-state index in [4.69, 9.17) is 0 Å². The van der Waals surface area contributed by atoms with Crippen LogP contribution < -0.4 is 10.6 Å². The van der Waals surface area contributed by atoms with Crippen LogP contribution in [0.2, 0.25) is 0 Å². The Balaban J connectivity index is -0.000000563. The van der Waals surface area contributed by atoms with E-state index in [-0.39, 0.29) is 0 Å². The Kier molecular flexibility index (Phi) is 29.7. The Labute approximate surface area is 312 Å². The molecule has 6 aliphatic rings. The van der Waals surface area contributed by atoms with E-state index in [2.05, 4.69) is 92.5 Å². The van der Waals surface area contributed by atoms with Gasteiger partial charge in [-0.1, -0.05) is 89.5 Å². The number of nitrogens with zero attached hydrogens (tertiary/aromatic N) is 4. The highest BCUT2D eigenvalue weighted by Crippen LogP contribution is 2.38. The molecule has 0 aliphatic carbocycles. The number of nitrogens with one attached hydrogen (secondary N) is 2. The second-order valence-electron chi connectivity index (χ2n) is 16.1. The maximum Gasteiger partial charge on any atom is 0.0223 e. The van der Waals surface area contributed by atoms with Crippen molar-refractivity contribution >= 4 is 0 Å². The Hall–Kier alpha value is -0.240. The van der Waals surface area contributed by atoms with E-state index in [9.17, 15) is 0 Å². The van der Waals surface area contributed by atoms with Crippen LogP contribution in [0.1, 0.15) is 178 Å². The van der Waals surface area contributed by atoms with E-state index in [0.717, 1.165) is 18.1 Å². The molecule has 6 nitrogen and oxygen atoms in total. The van der Waals surface area contributed by atoms with Gasteiger partial charge in [0.25, 0.3) is 0 Å². The average Bonchev–Trinajstić information content (AvgIpc) is 3.41. The van der Waals surface area contributed by atoms with Crippen molar-refractivity contribution in [3.63, 3.8) is 0 Å². The van der Waals surface area contributed by atoms with Crippen LogP contribution in [0.3, 0.4) is 0 Å². The summed E-state index contributed by atoms with van der Waals surface area (Å²) in [6, 6.07) is 2.42. The predicted molar refractivity (Wildman–Crippen MR) is 227 cm³/mol. The number of rotatable bonds is 0. The molecule has 0 amide bonds. The number of fused-ring (bicyclic) bond motifs is 3. The zero-order valence-corrected chi connectivity index (χ0v) is 38.1. The Morgan fingerprint density at radius 1 is 0.469 bits per heavy atom. The van der Waals surface area contributed by atoms with E-state index >= 15 is 0 Å². The van der Waals surface area contributed by atoms with Gasteiger partial charge >= 0.3 is 0 Å². The molecular weight excluding hydrogens is 601 g/mol. The fraction of sp³-hybridized carbons (Fsp3) is 1.00. The Morgan fingerprint density at radius 2 is 0.898 bits per heavy atom. The lowest BCUT2D eigenvalue weighted by atomic mass is 9.72. The monoisotopic (exact) mass is 699 g/mol. The van der Waals surface area contributed by atoms with E-state index < -0.39 is 0 Å². The van der Waals surface area contributed by atoms with Crippen molar-refractivity contribution < 1.29 is 0 Å². The lowest BCUT2D eigenvalue weighted by Crippen LogP contribution is -2.73. The van der Waals surface area contributed by atoms with E-state index in [1.807, 2.05) is 83.1 Å². The number of piperidine rings is 1. The fourth-order valence-electron chi connectivity index (χ4n) is 7.05. The molecule has 6 rings (SSSR count). The average molecular weight is 699 g/mol. The first-order chi connectivity index (χ1) is 23.1. The van der Waals surface area contributed by atoms with Gasteiger partial charge in [0, 0.05) is 99.1 Å². The molecular formula is C43H98N6. The van der Waals surface area contributed by atoms with Crippen LogP contribution in [-0.4, -0.2) is 120 Å². The zero-order chi connectivity index (χ0) is 39.1. The minimum atomic E-state index is 0.364. The molecule has 0 radical (unpaired) electrons. The first kappa shape index (κ1) is 53.1. The molecule has 1 spiro atoms. The molecule has 2 bridgehead atoms. The quantitative estimate of drug-likeness (QED) is 0.262. The lowest BCUT2D eigenvalue weighted by molar-refractivity contribution is -0.0872. The van der Waals surface area contributed by atoms with Crippen molar-refractivity contribution in [2.24, 2.45) is 5.41 Å². The topological polar surface area (TPSA) is 37.0 Å². The number of likely N-dealkylation sites (tertiary alicyclic amines) is 2. The predicted octanol–water partition coefficient (Wildman–Crippen LogP) is 10.0. The van der Waals surface area contributed by atoms with E-state index in [1.54, 1.807) is 0 Å². The SMILES string of the molecule is CC.CC.CC.CC.CC.CC.CC(C)(C)N1CC2(CNC2)C1.CC(C)(C)N1CC2CCC(C1)N2.CC(C)(C)N1CCN2CCCCC2C1. The summed E-state index contributed by atoms with van der Waals surface area (Å²) in [6.45, 7) is 57.7. The maximum atomic E-state index is 3.65. The molecule has 2 N–H and O–H groups in total. The van der Waals surface area contributed by atoms with Crippen LogP contribution in [-0.2, 0) is 0 Å². The third-order valence-corrected chi connectivity index (χ3v) is 9.95. The minimum absolute atomic E-state index is 0.364. The fourth-order valence-corrected chi connectivity index (χ4v) is 7.05. The van der Waals surface area contributed by atoms with E-state index in [1.165, 1.54) is 97.6 Å². The summed E-state index contributed by atoms with van der Waals surface area (Å²) >= 11 is 0. The molecule has 6 heterocycles. The van der Waals surface area contributed by atoms with Gasteiger partial charge in [-0.3, -0.25) is 19.6 Å². The largest absolute Gasteiger partial charge is 0.315 e. The lowest BCUT2D eigenvalue weighted by Gasteiger charge is -2.60. The summed E-state index contributed by atoms with van der Waals surface area (Å²) in [5.41, 5.74) is 1.81. The number of piperazine rings is 2. The summed E-state index contributed by atoms with van der Waals surface area (Å²) in [5.74, 6) is 0. The molecule has 0 aromatic heterocycles. The highest BCUT2D eigenvalue weighted by Gasteiger charge is 2.50. The van der Waals surface area contributed by atoms with Crippen LogP contribution in [0.25, 0.3) is 0 Å². The van der Waals surface area contributed by atoms with Gasteiger partial charge in [0.15, 0.2) is 0 Å². The van der Waals surface area contributed by atoms with Crippen molar-refractivity contribution in [1.29, 1.82) is 0 Å². The smallest absolute Gasteiger partial charge is 0.0223 e. The van der Waals surface area contributed by atoms with Gasteiger partial charge in [-0.25, -0.2) is 0 Å². The first-order valence-electron chi connectivity index (χ1n) is 21.6. The van der Waals surface area contributed by atoms with Gasteiger partial charge in [-0.05, 0) is 94.5 Å². The van der Waals surface area contributed by atoms with Crippen molar-refractivity contribution in [3.8, 4) is 0 Å². The molecule has 0 saturated carbocycles. The van der Waals surface area contributed by atoms with Crippen LogP contribution in [0, 0.1) is 5.41 Å². The zero-order valence-electron chi connectivity index (χ0n) is 38.1. The van der Waals surface area contributed by atoms with Crippen molar-refractivity contribution in [1.82, 2.24) is 30.2 Å². The summed E-state index contributed by atoms with van der Waals surface area (Å²) in [4.78, 5) is 10.5. The maximum absolute atomic E-state index is 3.65. The summed E-state index contributed by atoms with van der Waals surface area (Å²) in [6.07, 6.45) is 7.06. The highest BCUT2D eigenvalue weighted by molar-refractivity contribution is 5.06. The summed E-state index contributed by atoms with van der Waals surface area (Å²) in [7, 11) is 0. The normalized spacial score (nSPS) is 25.5. The van der Waals surface area contributed by atoms with Crippen LogP contribution in [0.15, 0.2) is 0 Å². The van der Waals surface area contributed by atoms with Gasteiger partial charge in [-0.2, -0.15) is 0 Å². The summed E-state index contributed by atoms with van der Waals surface area (Å²) < 4.78 is 0. The van der Waals surface area contributed by atoms with Crippen LogP contribution >= 0.6 is 0 Å². The second kappa shape index (κ2) is 27.4. The van der Waals surface area contributed by atoms with E-state index in [0.29, 0.717) is 22.0 Å². The molecule has 300 valence electrons. The molecule has 6 fully saturated rings. The van der Waals surface area contributed by atoms with Crippen LogP contribution in [0.4, 0.5) is 0 Å². The van der Waals surface area contributed by atoms with Gasteiger partial charge in [0.1, 0.15) is 0 Å². The van der Waals surface area contributed by atoms with Crippen molar-refractivity contribution in [3.05, 3.63) is 0 Å². The number of hydrogen-bond donors (Lipinski definition) is 2. The molecule has 3 atom stereocenters. The van der Waals surface area contributed by atoms with Crippen molar-refractivity contribution in [2.45, 2.75) is 212 Å². The van der Waals surface area contributed by atoms with Gasteiger partial charge in [0.05, 0.1) is 0 Å². The second-order valence-corrected chi connectivity index (χ2v) is 16.1. The van der Waals surface area contributed by atoms with Gasteiger partial charge < -0.3 is 10.6 Å².